The molecule has 0 bridgehead atoms. The highest BCUT2D eigenvalue weighted by molar-refractivity contribution is 7.98. The largest absolute Gasteiger partial charge is 0.387 e. The van der Waals surface area contributed by atoms with Crippen molar-refractivity contribution in [3.8, 4) is 11.4 Å². The van der Waals surface area contributed by atoms with Crippen LogP contribution < -0.4 is 5.32 Å². The van der Waals surface area contributed by atoms with Crippen LogP contribution in [0.1, 0.15) is 6.92 Å². The van der Waals surface area contributed by atoms with Crippen LogP contribution in [0.4, 0.5) is 5.82 Å². The van der Waals surface area contributed by atoms with Crippen LogP contribution in [0.15, 0.2) is 42.5 Å². The fraction of sp³-hybridized carbons (Fsp3) is 0.312. The molecular formula is C16H19N5OS. The van der Waals surface area contributed by atoms with E-state index in [9.17, 15) is 5.11 Å². The lowest BCUT2D eigenvalue weighted by atomic mass is 10.1. The summed E-state index contributed by atoms with van der Waals surface area (Å²) in [7, 11) is 0. The van der Waals surface area contributed by atoms with Gasteiger partial charge in [0.1, 0.15) is 5.82 Å². The number of hydrogen-bond acceptors (Lipinski definition) is 6. The Labute approximate surface area is 138 Å². The first-order valence-corrected chi connectivity index (χ1v) is 8.71. The third kappa shape index (κ3) is 3.62. The summed E-state index contributed by atoms with van der Waals surface area (Å²) in [6, 6.07) is 13.5. The number of fused-ring (bicyclic) bond motifs is 1. The number of benzene rings is 1. The average molecular weight is 329 g/mol. The summed E-state index contributed by atoms with van der Waals surface area (Å²) in [5, 5.41) is 26.3. The fourth-order valence-electron chi connectivity index (χ4n) is 2.29. The number of aromatic nitrogens is 4. The van der Waals surface area contributed by atoms with Crippen molar-refractivity contribution in [3.63, 3.8) is 0 Å². The van der Waals surface area contributed by atoms with Gasteiger partial charge in [-0.2, -0.15) is 16.3 Å². The van der Waals surface area contributed by atoms with Crippen LogP contribution in [-0.2, 0) is 0 Å². The highest BCUT2D eigenvalue weighted by Crippen LogP contribution is 2.18. The molecule has 6 nitrogen and oxygen atoms in total. The first-order chi connectivity index (χ1) is 11.1. The molecule has 1 atom stereocenters. The summed E-state index contributed by atoms with van der Waals surface area (Å²) in [5.74, 6) is 2.03. The number of hydrogen-bond donors (Lipinski definition) is 2. The molecule has 0 aliphatic heterocycles. The van der Waals surface area contributed by atoms with Gasteiger partial charge in [0.05, 0.1) is 5.60 Å². The predicted molar refractivity (Wildman–Crippen MR) is 93.7 cm³/mol. The summed E-state index contributed by atoms with van der Waals surface area (Å²) in [6.07, 6.45) is 1.97. The van der Waals surface area contributed by atoms with Crippen LogP contribution in [0.25, 0.3) is 17.0 Å². The highest BCUT2D eigenvalue weighted by Gasteiger charge is 2.19. The third-order valence-electron chi connectivity index (χ3n) is 3.40. The Kier molecular flexibility index (Phi) is 4.49. The molecule has 0 saturated heterocycles. The van der Waals surface area contributed by atoms with Crippen LogP contribution in [-0.4, -0.2) is 49.1 Å². The van der Waals surface area contributed by atoms with E-state index < -0.39 is 5.60 Å². The molecule has 2 heterocycles. The van der Waals surface area contributed by atoms with Gasteiger partial charge in [0, 0.05) is 17.9 Å². The van der Waals surface area contributed by atoms with Gasteiger partial charge in [-0.15, -0.1) is 15.3 Å². The van der Waals surface area contributed by atoms with E-state index in [1.165, 1.54) is 0 Å². The van der Waals surface area contributed by atoms with Gasteiger partial charge in [0.2, 0.25) is 0 Å². The van der Waals surface area contributed by atoms with Gasteiger partial charge in [-0.05, 0) is 25.3 Å². The molecule has 0 amide bonds. The molecule has 0 spiro atoms. The molecule has 3 rings (SSSR count). The standard InChI is InChI=1S/C16H19N5OS/c1-16(22,11-23-2)10-17-13-8-9-14-18-19-15(21(14)20-13)12-6-4-3-5-7-12/h3-9,22H,10-11H2,1-2H3,(H,17,20). The van der Waals surface area contributed by atoms with Crippen molar-refractivity contribution < 1.29 is 5.11 Å². The Hall–Kier alpha value is -2.12. The zero-order valence-corrected chi connectivity index (χ0v) is 13.9. The van der Waals surface area contributed by atoms with E-state index in [1.807, 2.05) is 55.6 Å². The molecule has 23 heavy (non-hydrogen) atoms. The minimum atomic E-state index is -0.786. The Balaban J connectivity index is 1.87. The van der Waals surface area contributed by atoms with Gasteiger partial charge in [0.25, 0.3) is 0 Å². The Morgan fingerprint density at radius 2 is 1.96 bits per heavy atom. The average Bonchev–Trinajstić information content (AvgIpc) is 2.97. The van der Waals surface area contributed by atoms with Crippen molar-refractivity contribution in [2.45, 2.75) is 12.5 Å². The third-order valence-corrected chi connectivity index (χ3v) is 4.31. The van der Waals surface area contributed by atoms with Gasteiger partial charge in [0.15, 0.2) is 11.5 Å². The predicted octanol–water partition coefficient (Wildman–Crippen LogP) is 2.32. The molecule has 3 aromatic rings. The van der Waals surface area contributed by atoms with Crippen LogP contribution >= 0.6 is 11.8 Å². The second kappa shape index (κ2) is 6.55. The Morgan fingerprint density at radius 3 is 2.70 bits per heavy atom. The normalized spacial score (nSPS) is 13.9. The number of anilines is 1. The first-order valence-electron chi connectivity index (χ1n) is 7.32. The maximum atomic E-state index is 10.2. The van der Waals surface area contributed by atoms with Crippen molar-refractivity contribution >= 4 is 23.2 Å². The molecule has 0 saturated carbocycles. The summed E-state index contributed by atoms with van der Waals surface area (Å²) in [5.41, 5.74) is 0.857. The van der Waals surface area contributed by atoms with Crippen molar-refractivity contribution in [1.82, 2.24) is 19.8 Å². The quantitative estimate of drug-likeness (QED) is 0.723. The van der Waals surface area contributed by atoms with Gasteiger partial charge in [-0.1, -0.05) is 30.3 Å². The molecule has 1 unspecified atom stereocenters. The minimum absolute atomic E-state index is 0.426. The lowest BCUT2D eigenvalue weighted by molar-refractivity contribution is 0.0996. The zero-order chi connectivity index (χ0) is 16.3. The van der Waals surface area contributed by atoms with Crippen molar-refractivity contribution in [3.05, 3.63) is 42.5 Å². The van der Waals surface area contributed by atoms with E-state index >= 15 is 0 Å². The lowest BCUT2D eigenvalue weighted by Crippen LogP contribution is -2.36. The smallest absolute Gasteiger partial charge is 0.185 e. The molecule has 0 aliphatic carbocycles. The van der Waals surface area contributed by atoms with Crippen LogP contribution in [0, 0.1) is 0 Å². The van der Waals surface area contributed by atoms with E-state index in [-0.39, 0.29) is 0 Å². The summed E-state index contributed by atoms with van der Waals surface area (Å²) in [4.78, 5) is 0. The summed E-state index contributed by atoms with van der Waals surface area (Å²) in [6.45, 7) is 2.23. The van der Waals surface area contributed by atoms with E-state index in [0.29, 0.717) is 29.6 Å². The van der Waals surface area contributed by atoms with E-state index in [1.54, 1.807) is 16.3 Å². The maximum absolute atomic E-state index is 10.2. The molecule has 2 N–H and O–H groups in total. The topological polar surface area (TPSA) is 75.3 Å². The van der Waals surface area contributed by atoms with Crippen LogP contribution in [0.3, 0.4) is 0 Å². The van der Waals surface area contributed by atoms with Crippen molar-refractivity contribution in [2.75, 3.05) is 23.9 Å². The molecule has 2 aromatic heterocycles. The monoisotopic (exact) mass is 329 g/mol. The summed E-state index contributed by atoms with van der Waals surface area (Å²) >= 11 is 1.61. The zero-order valence-electron chi connectivity index (χ0n) is 13.1. The molecule has 0 aliphatic rings. The van der Waals surface area contributed by atoms with E-state index in [0.717, 1.165) is 5.56 Å². The molecule has 7 heteroatoms. The Morgan fingerprint density at radius 1 is 1.17 bits per heavy atom. The number of thioether (sulfide) groups is 1. The highest BCUT2D eigenvalue weighted by atomic mass is 32.2. The minimum Gasteiger partial charge on any atom is -0.387 e. The second-order valence-electron chi connectivity index (χ2n) is 5.66. The number of aliphatic hydroxyl groups is 1. The number of nitrogens with zero attached hydrogens (tertiary/aromatic N) is 4. The van der Waals surface area contributed by atoms with Gasteiger partial charge < -0.3 is 10.4 Å². The van der Waals surface area contributed by atoms with Gasteiger partial charge in [-0.25, -0.2) is 0 Å². The lowest BCUT2D eigenvalue weighted by Gasteiger charge is -2.22. The number of nitrogens with one attached hydrogen (secondary N) is 1. The van der Waals surface area contributed by atoms with E-state index in [4.69, 9.17) is 0 Å². The maximum Gasteiger partial charge on any atom is 0.185 e. The fourth-order valence-corrected chi connectivity index (χ4v) is 3.02. The van der Waals surface area contributed by atoms with Crippen molar-refractivity contribution in [1.29, 1.82) is 0 Å². The SMILES string of the molecule is CSCC(C)(O)CNc1ccc2nnc(-c3ccccc3)n2n1. The van der Waals surface area contributed by atoms with Gasteiger partial charge in [-0.3, -0.25) is 0 Å². The van der Waals surface area contributed by atoms with Gasteiger partial charge >= 0.3 is 0 Å². The molecule has 120 valence electrons. The first kappa shape index (κ1) is 15.8. The molecule has 0 fully saturated rings. The molecular weight excluding hydrogens is 310 g/mol. The summed E-state index contributed by atoms with van der Waals surface area (Å²) < 4.78 is 1.71. The van der Waals surface area contributed by atoms with Crippen LogP contribution in [0.2, 0.25) is 0 Å². The molecule has 0 radical (unpaired) electrons. The van der Waals surface area contributed by atoms with Crippen LogP contribution in [0.5, 0.6) is 0 Å². The molecule has 1 aromatic carbocycles. The second-order valence-corrected chi connectivity index (χ2v) is 6.53. The van der Waals surface area contributed by atoms with Crippen molar-refractivity contribution in [2.24, 2.45) is 0 Å². The van der Waals surface area contributed by atoms with E-state index in [2.05, 4.69) is 20.6 Å². The Bertz CT molecular complexity index is 788. The number of rotatable bonds is 6.